The molecule has 0 aliphatic carbocycles. The Balaban J connectivity index is 3.42. The third-order valence-corrected chi connectivity index (χ3v) is 3.03. The fraction of sp³-hybridized carbons (Fsp3) is 0.316. The van der Waals surface area contributed by atoms with Crippen LogP contribution in [0, 0.1) is 0 Å². The first-order valence-electron chi connectivity index (χ1n) is 7.73. The van der Waals surface area contributed by atoms with Gasteiger partial charge < -0.3 is 5.32 Å². The van der Waals surface area contributed by atoms with E-state index in [4.69, 9.17) is 0 Å². The smallest absolute Gasteiger partial charge is 0.251 e. The Morgan fingerprint density at radius 1 is 1.25 bits per heavy atom. The predicted molar refractivity (Wildman–Crippen MR) is 101 cm³/mol. The highest BCUT2D eigenvalue weighted by Gasteiger charge is 2.17. The van der Waals surface area contributed by atoms with Crippen molar-refractivity contribution < 1.29 is 4.79 Å². The van der Waals surface area contributed by atoms with Gasteiger partial charge in [-0.1, -0.05) is 30.5 Å². The quantitative estimate of drug-likeness (QED) is 0.466. The number of nitrogens with one attached hydrogen (secondary N) is 1. The summed E-state index contributed by atoms with van der Waals surface area (Å²) in [4.78, 5) is 12.6. The van der Waals surface area contributed by atoms with Gasteiger partial charge in [0, 0.05) is 17.3 Å². The van der Waals surface area contributed by atoms with Crippen LogP contribution in [0.2, 0.25) is 0 Å². The molecular weight excluding hydrogens is 300 g/mol. The normalized spacial score (nSPS) is 11.7. The molecule has 24 heavy (non-hydrogen) atoms. The summed E-state index contributed by atoms with van der Waals surface area (Å²) in [6, 6.07) is 5.47. The van der Waals surface area contributed by atoms with Crippen LogP contribution < -0.4 is 10.3 Å². The van der Waals surface area contributed by atoms with Crippen LogP contribution in [0.5, 0.6) is 0 Å². The Bertz CT molecular complexity index is 681. The second-order valence-electron chi connectivity index (χ2n) is 6.31. The number of carbonyl (C=O) groups is 1. The number of anilines is 1. The minimum atomic E-state index is -0.325. The highest BCUT2D eigenvalue weighted by atomic mass is 16.1. The summed E-state index contributed by atoms with van der Waals surface area (Å²) in [5.74, 6) is -0.156. The molecule has 1 N–H and O–H groups in total. The van der Waals surface area contributed by atoms with Gasteiger partial charge in [-0.05, 0) is 57.0 Å². The van der Waals surface area contributed by atoms with Gasteiger partial charge in [0.1, 0.15) is 0 Å². The first-order valence-corrected chi connectivity index (χ1v) is 7.73. The van der Waals surface area contributed by atoms with E-state index in [0.717, 1.165) is 11.1 Å². The zero-order valence-electron chi connectivity index (χ0n) is 15.1. The molecule has 5 nitrogen and oxygen atoms in total. The average molecular weight is 326 g/mol. The number of rotatable bonds is 6. The fourth-order valence-corrected chi connectivity index (χ4v) is 2.06. The maximum atomic E-state index is 12.6. The van der Waals surface area contributed by atoms with Crippen LogP contribution in [-0.2, 0) is 0 Å². The van der Waals surface area contributed by atoms with Gasteiger partial charge in [-0.3, -0.25) is 4.79 Å². The van der Waals surface area contributed by atoms with E-state index in [2.05, 4.69) is 28.8 Å². The van der Waals surface area contributed by atoms with Crippen LogP contribution in [0.1, 0.15) is 43.6 Å². The van der Waals surface area contributed by atoms with E-state index in [1.165, 1.54) is 11.2 Å². The Morgan fingerprint density at radius 2 is 1.88 bits per heavy atom. The molecule has 1 amide bonds. The van der Waals surface area contributed by atoms with E-state index in [0.29, 0.717) is 11.3 Å². The fourth-order valence-electron chi connectivity index (χ4n) is 2.06. The first-order chi connectivity index (χ1) is 11.2. The third kappa shape index (κ3) is 5.50. The van der Waals surface area contributed by atoms with Gasteiger partial charge in [0.2, 0.25) is 0 Å². The lowest BCUT2D eigenvalue weighted by Gasteiger charge is -2.22. The maximum absolute atomic E-state index is 12.6. The molecule has 0 radical (unpaired) electrons. The molecule has 128 valence electrons. The number of amides is 1. The van der Waals surface area contributed by atoms with Gasteiger partial charge in [-0.25, -0.2) is 5.01 Å². The monoisotopic (exact) mass is 326 g/mol. The molecule has 0 aliphatic rings. The van der Waals surface area contributed by atoms with E-state index < -0.39 is 0 Å². The molecule has 1 rings (SSSR count). The number of nitrogens with zero attached hydrogens (tertiary/aromatic N) is 3. The third-order valence-electron chi connectivity index (χ3n) is 3.03. The molecule has 1 aromatic carbocycles. The lowest BCUT2D eigenvalue weighted by atomic mass is 10.0. The van der Waals surface area contributed by atoms with Gasteiger partial charge in [-0.15, -0.1) is 0 Å². The van der Waals surface area contributed by atoms with Crippen LogP contribution in [0.4, 0.5) is 5.69 Å². The van der Waals surface area contributed by atoms with Gasteiger partial charge in [0.25, 0.3) is 5.91 Å². The summed E-state index contributed by atoms with van der Waals surface area (Å²) < 4.78 is 0. The van der Waals surface area contributed by atoms with Crippen molar-refractivity contribution in [2.24, 2.45) is 10.3 Å². The maximum Gasteiger partial charge on any atom is 0.251 e. The lowest BCUT2D eigenvalue weighted by Crippen LogP contribution is -2.40. The highest BCUT2D eigenvalue weighted by molar-refractivity contribution is 5.97. The van der Waals surface area contributed by atoms with Crippen LogP contribution in [0.15, 0.2) is 60.0 Å². The van der Waals surface area contributed by atoms with Crippen LogP contribution in [0.25, 0.3) is 5.57 Å². The molecular formula is C19H26N4O. The van der Waals surface area contributed by atoms with Crippen molar-refractivity contribution in [3.8, 4) is 0 Å². The molecule has 0 spiro atoms. The molecule has 5 heteroatoms. The largest absolute Gasteiger partial charge is 0.347 e. The number of carbonyl (C=O) groups excluding carboxylic acids is 1. The Labute approximate surface area is 144 Å². The molecule has 1 aromatic rings. The summed E-state index contributed by atoms with van der Waals surface area (Å²) in [5.41, 5.74) is 2.54. The van der Waals surface area contributed by atoms with Gasteiger partial charge in [-0.2, -0.15) is 5.11 Å². The van der Waals surface area contributed by atoms with Crippen LogP contribution in [0.3, 0.4) is 0 Å². The van der Waals surface area contributed by atoms with E-state index in [9.17, 15) is 4.79 Å². The molecule has 0 fully saturated rings. The summed E-state index contributed by atoms with van der Waals surface area (Å²) >= 11 is 0. The summed E-state index contributed by atoms with van der Waals surface area (Å²) in [6.07, 6.45) is 5.33. The van der Waals surface area contributed by atoms with Gasteiger partial charge in [0.15, 0.2) is 0 Å². The topological polar surface area (TPSA) is 57.1 Å². The minimum absolute atomic E-state index is 0.156. The second-order valence-corrected chi connectivity index (χ2v) is 6.31. The molecule has 0 saturated heterocycles. The molecule has 0 heterocycles. The first kappa shape index (κ1) is 19.4. The number of hydrogen-bond donors (Lipinski definition) is 1. The molecule has 0 saturated carbocycles. The number of allylic oxidation sites excluding steroid dienone is 3. The van der Waals surface area contributed by atoms with Crippen molar-refractivity contribution in [3.63, 3.8) is 0 Å². The zero-order chi connectivity index (χ0) is 18.3. The molecule has 0 aromatic heterocycles. The highest BCUT2D eigenvalue weighted by Crippen LogP contribution is 2.25. The van der Waals surface area contributed by atoms with Crippen LogP contribution in [-0.4, -0.2) is 18.5 Å². The number of hydrogen-bond acceptors (Lipinski definition) is 3. The summed E-state index contributed by atoms with van der Waals surface area (Å²) in [5, 5.41) is 12.2. The Morgan fingerprint density at radius 3 is 2.38 bits per heavy atom. The van der Waals surface area contributed by atoms with Crippen molar-refractivity contribution in [2.75, 3.05) is 12.1 Å². The van der Waals surface area contributed by atoms with Crippen molar-refractivity contribution in [1.82, 2.24) is 5.32 Å². The van der Waals surface area contributed by atoms with Crippen molar-refractivity contribution in [1.29, 1.82) is 0 Å². The molecule has 0 atom stereocenters. The zero-order valence-corrected chi connectivity index (χ0v) is 15.1. The standard InChI is InChI=1S/C19H26N4O/c1-8-10-14(3)15-11-16(18(24)21-19(4,5)6)13-17(12-15)23(9-2)22-20-7/h8-13H,2-3H2,1,4-7H3,(H,21,24)/b10-8-,22-20?. The Hall–Kier alpha value is -2.69. The van der Waals surface area contributed by atoms with Gasteiger partial charge in [0.05, 0.1) is 12.7 Å². The minimum Gasteiger partial charge on any atom is -0.347 e. The van der Waals surface area contributed by atoms with Gasteiger partial charge >= 0.3 is 0 Å². The number of benzene rings is 1. The van der Waals surface area contributed by atoms with E-state index in [1.54, 1.807) is 13.1 Å². The van der Waals surface area contributed by atoms with E-state index in [-0.39, 0.29) is 11.4 Å². The average Bonchev–Trinajstić information content (AvgIpc) is 2.50. The van der Waals surface area contributed by atoms with E-state index >= 15 is 0 Å². The lowest BCUT2D eigenvalue weighted by molar-refractivity contribution is 0.0919. The summed E-state index contributed by atoms with van der Waals surface area (Å²) in [7, 11) is 1.58. The second kappa shape index (κ2) is 8.24. The summed E-state index contributed by atoms with van der Waals surface area (Å²) in [6.45, 7) is 15.5. The van der Waals surface area contributed by atoms with E-state index in [1.807, 2.05) is 52.0 Å². The molecule has 0 unspecified atom stereocenters. The van der Waals surface area contributed by atoms with Crippen LogP contribution >= 0.6 is 0 Å². The molecule has 0 bridgehead atoms. The van der Waals surface area contributed by atoms with Crippen molar-refractivity contribution in [3.05, 3.63) is 60.8 Å². The SMILES string of the molecule is C=CN(N=NC)c1cc(C(=C)/C=C\C)cc(C(=O)NC(C)(C)C)c1. The van der Waals surface area contributed by atoms with Crippen molar-refractivity contribution in [2.45, 2.75) is 33.2 Å². The predicted octanol–water partition coefficient (Wildman–Crippen LogP) is 4.75. The molecule has 0 aliphatic heterocycles. The van der Waals surface area contributed by atoms with Crippen molar-refractivity contribution >= 4 is 17.2 Å². The Kier molecular flexibility index (Phi) is 6.65.